The van der Waals surface area contributed by atoms with Gasteiger partial charge in [-0.25, -0.2) is 0 Å². The lowest BCUT2D eigenvalue weighted by atomic mass is 10.1. The van der Waals surface area contributed by atoms with Crippen LogP contribution in [0.1, 0.15) is 0 Å². The Morgan fingerprint density at radius 2 is 2.00 bits per heavy atom. The number of anilines is 3. The molecule has 0 radical (unpaired) electrons. The molecule has 6 nitrogen and oxygen atoms in total. The summed E-state index contributed by atoms with van der Waals surface area (Å²) in [5.41, 5.74) is 1.69. The maximum Gasteiger partial charge on any atom is 0.249 e. The molecule has 0 bridgehead atoms. The van der Waals surface area contributed by atoms with Crippen molar-refractivity contribution in [2.24, 2.45) is 10.9 Å². The second-order valence-corrected chi connectivity index (χ2v) is 6.12. The number of carbonyl (C=O) groups is 2. The molecule has 0 saturated carbocycles. The summed E-state index contributed by atoms with van der Waals surface area (Å²) < 4.78 is 4.94. The molecule has 7 heteroatoms. The SMILES string of the molecule is COCCN=CC1C(=O)Nc2ccc(Cl)cc2N(c2ccccc2)C1=O. The van der Waals surface area contributed by atoms with Crippen LogP contribution >= 0.6 is 11.6 Å². The fourth-order valence-electron chi connectivity index (χ4n) is 2.67. The first-order valence-electron chi connectivity index (χ1n) is 8.10. The van der Waals surface area contributed by atoms with Crippen LogP contribution in [0.5, 0.6) is 0 Å². The Hall–Kier alpha value is -2.70. The molecule has 2 aromatic carbocycles. The zero-order chi connectivity index (χ0) is 18.5. The summed E-state index contributed by atoms with van der Waals surface area (Å²) in [6.07, 6.45) is 1.38. The number of nitrogens with one attached hydrogen (secondary N) is 1. The smallest absolute Gasteiger partial charge is 0.249 e. The molecule has 26 heavy (non-hydrogen) atoms. The third-order valence-corrected chi connectivity index (χ3v) is 4.16. The fraction of sp³-hybridized carbons (Fsp3) is 0.211. The van der Waals surface area contributed by atoms with Crippen LogP contribution in [0.4, 0.5) is 17.1 Å². The van der Waals surface area contributed by atoms with Gasteiger partial charge in [0.05, 0.1) is 24.5 Å². The lowest BCUT2D eigenvalue weighted by Crippen LogP contribution is -2.37. The van der Waals surface area contributed by atoms with E-state index < -0.39 is 17.7 Å². The third-order valence-electron chi connectivity index (χ3n) is 3.92. The van der Waals surface area contributed by atoms with Crippen LogP contribution in [0.25, 0.3) is 0 Å². The normalized spacial score (nSPS) is 17.2. The van der Waals surface area contributed by atoms with Gasteiger partial charge in [-0.15, -0.1) is 0 Å². The number of carbonyl (C=O) groups excluding carboxylic acids is 2. The highest BCUT2D eigenvalue weighted by atomic mass is 35.5. The van der Waals surface area contributed by atoms with E-state index in [0.717, 1.165) is 0 Å². The van der Waals surface area contributed by atoms with Gasteiger partial charge in [-0.1, -0.05) is 29.8 Å². The number of rotatable bonds is 5. The number of hydrogen-bond acceptors (Lipinski definition) is 4. The molecule has 1 aliphatic rings. The molecular weight excluding hydrogens is 354 g/mol. The largest absolute Gasteiger partial charge is 0.383 e. The Morgan fingerprint density at radius 1 is 1.23 bits per heavy atom. The molecule has 1 atom stereocenters. The highest BCUT2D eigenvalue weighted by molar-refractivity contribution is 6.32. The number of benzene rings is 2. The predicted molar refractivity (Wildman–Crippen MR) is 102 cm³/mol. The average molecular weight is 372 g/mol. The van der Waals surface area contributed by atoms with Gasteiger partial charge >= 0.3 is 0 Å². The number of nitrogens with zero attached hydrogens (tertiary/aromatic N) is 2. The van der Waals surface area contributed by atoms with E-state index in [1.165, 1.54) is 11.1 Å². The summed E-state index contributed by atoms with van der Waals surface area (Å²) in [6, 6.07) is 14.1. The van der Waals surface area contributed by atoms with Crippen molar-refractivity contribution < 1.29 is 14.3 Å². The van der Waals surface area contributed by atoms with Crippen molar-refractivity contribution in [1.82, 2.24) is 0 Å². The van der Waals surface area contributed by atoms with Crippen molar-refractivity contribution in [1.29, 1.82) is 0 Å². The molecule has 1 unspecified atom stereocenters. The minimum Gasteiger partial charge on any atom is -0.383 e. The standard InChI is InChI=1S/C19H18ClN3O3/c1-26-10-9-21-12-15-18(24)22-16-8-7-13(20)11-17(16)23(19(15)25)14-5-3-2-4-6-14/h2-8,11-12,15H,9-10H2,1H3,(H,22,24). The first kappa shape index (κ1) is 18.1. The zero-order valence-electron chi connectivity index (χ0n) is 14.2. The van der Waals surface area contributed by atoms with E-state index in [1.54, 1.807) is 37.4 Å². The molecule has 2 aromatic rings. The van der Waals surface area contributed by atoms with Gasteiger partial charge in [0.1, 0.15) is 0 Å². The van der Waals surface area contributed by atoms with Crippen LogP contribution < -0.4 is 10.2 Å². The van der Waals surface area contributed by atoms with Crippen molar-refractivity contribution in [3.63, 3.8) is 0 Å². The molecule has 0 aliphatic carbocycles. The second kappa shape index (κ2) is 8.12. The van der Waals surface area contributed by atoms with Crippen LogP contribution in [0.2, 0.25) is 5.02 Å². The average Bonchev–Trinajstić information content (AvgIpc) is 2.74. The van der Waals surface area contributed by atoms with E-state index in [4.69, 9.17) is 16.3 Å². The number of aliphatic imine (C=N–C) groups is 1. The van der Waals surface area contributed by atoms with Crippen LogP contribution in [0.15, 0.2) is 53.5 Å². The number of methoxy groups -OCH3 is 1. The van der Waals surface area contributed by atoms with Gasteiger partial charge in [0.25, 0.3) is 0 Å². The summed E-state index contributed by atoms with van der Waals surface area (Å²) in [5, 5.41) is 3.26. The van der Waals surface area contributed by atoms with Crippen molar-refractivity contribution in [2.45, 2.75) is 0 Å². The number of halogens is 1. The molecule has 0 saturated heterocycles. The Kier molecular flexibility index (Phi) is 5.65. The number of hydrogen-bond donors (Lipinski definition) is 1. The summed E-state index contributed by atoms with van der Waals surface area (Å²) in [6.45, 7) is 0.787. The number of para-hydroxylation sites is 1. The van der Waals surface area contributed by atoms with Crippen molar-refractivity contribution in [2.75, 3.05) is 30.5 Å². The molecule has 0 aromatic heterocycles. The summed E-state index contributed by atoms with van der Waals surface area (Å²) >= 11 is 6.13. The monoisotopic (exact) mass is 371 g/mol. The van der Waals surface area contributed by atoms with Crippen LogP contribution in [0, 0.1) is 5.92 Å². The van der Waals surface area contributed by atoms with Gasteiger partial charge in [0.15, 0.2) is 5.92 Å². The maximum atomic E-state index is 13.2. The molecule has 2 amide bonds. The molecule has 1 N–H and O–H groups in total. The zero-order valence-corrected chi connectivity index (χ0v) is 14.9. The van der Waals surface area contributed by atoms with E-state index >= 15 is 0 Å². The van der Waals surface area contributed by atoms with Crippen molar-refractivity contribution in [3.05, 3.63) is 53.6 Å². The van der Waals surface area contributed by atoms with Crippen LogP contribution in [-0.4, -0.2) is 38.3 Å². The van der Waals surface area contributed by atoms with E-state index in [0.29, 0.717) is 35.2 Å². The lowest BCUT2D eigenvalue weighted by Gasteiger charge is -2.24. The fourth-order valence-corrected chi connectivity index (χ4v) is 2.84. The van der Waals surface area contributed by atoms with E-state index in [9.17, 15) is 9.59 Å². The van der Waals surface area contributed by atoms with Crippen LogP contribution in [0.3, 0.4) is 0 Å². The van der Waals surface area contributed by atoms with E-state index in [1.807, 2.05) is 18.2 Å². The minimum absolute atomic E-state index is 0.373. The summed E-state index contributed by atoms with van der Waals surface area (Å²) in [7, 11) is 1.57. The maximum absolute atomic E-state index is 13.2. The first-order valence-corrected chi connectivity index (χ1v) is 8.48. The van der Waals surface area contributed by atoms with Gasteiger partial charge in [-0.05, 0) is 30.3 Å². The topological polar surface area (TPSA) is 71.0 Å². The second-order valence-electron chi connectivity index (χ2n) is 5.69. The quantitative estimate of drug-likeness (QED) is 0.498. The lowest BCUT2D eigenvalue weighted by molar-refractivity contribution is -0.127. The molecule has 0 fully saturated rings. The van der Waals surface area contributed by atoms with Gasteiger partial charge in [-0.3, -0.25) is 19.5 Å². The highest BCUT2D eigenvalue weighted by Gasteiger charge is 2.36. The number of amides is 2. The van der Waals surface area contributed by atoms with Gasteiger partial charge < -0.3 is 10.1 Å². The van der Waals surface area contributed by atoms with E-state index in [-0.39, 0.29) is 0 Å². The minimum atomic E-state index is -1.04. The Bertz CT molecular complexity index is 839. The Labute approximate surface area is 156 Å². The summed E-state index contributed by atoms with van der Waals surface area (Å²) in [4.78, 5) is 31.4. The van der Waals surface area contributed by atoms with Gasteiger partial charge in [-0.2, -0.15) is 0 Å². The molecule has 3 rings (SSSR count). The Balaban J connectivity index is 2.06. The molecule has 134 valence electrons. The third kappa shape index (κ3) is 3.76. The van der Waals surface area contributed by atoms with Gasteiger partial charge in [0.2, 0.25) is 11.8 Å². The van der Waals surface area contributed by atoms with Gasteiger partial charge in [0, 0.05) is 24.0 Å². The van der Waals surface area contributed by atoms with Crippen molar-refractivity contribution >= 4 is 46.7 Å². The first-order chi connectivity index (χ1) is 12.6. The van der Waals surface area contributed by atoms with E-state index in [2.05, 4.69) is 10.3 Å². The molecular formula is C19H18ClN3O3. The highest BCUT2D eigenvalue weighted by Crippen LogP contribution is 2.37. The Morgan fingerprint density at radius 3 is 2.73 bits per heavy atom. The molecule has 1 aliphatic heterocycles. The molecule has 0 spiro atoms. The number of ether oxygens (including phenoxy) is 1. The predicted octanol–water partition coefficient (Wildman–Crippen LogP) is 3.29. The van der Waals surface area contributed by atoms with Crippen LogP contribution in [-0.2, 0) is 14.3 Å². The number of fused-ring (bicyclic) bond motifs is 1. The van der Waals surface area contributed by atoms with Crippen molar-refractivity contribution in [3.8, 4) is 0 Å². The summed E-state index contributed by atoms with van der Waals surface area (Å²) in [5.74, 6) is -1.87. The molecule has 1 heterocycles.